The molecule has 2 atom stereocenters. The van der Waals surface area contributed by atoms with Crippen molar-refractivity contribution in [2.75, 3.05) is 13.2 Å². The number of fused-ring (bicyclic) bond motifs is 1. The molecule has 4 heteroatoms. The molecular formula is C27H35ClN2O. The number of benzene rings is 2. The summed E-state index contributed by atoms with van der Waals surface area (Å²) in [5.74, 6) is 1.43. The molecule has 166 valence electrons. The monoisotopic (exact) mass is 438 g/mol. The molecular weight excluding hydrogens is 404 g/mol. The molecule has 0 radical (unpaired) electrons. The maximum atomic E-state index is 6.02. The fraction of sp³-hybridized carbons (Fsp3) is 0.519. The van der Waals surface area contributed by atoms with E-state index < -0.39 is 0 Å². The van der Waals surface area contributed by atoms with Crippen molar-refractivity contribution < 1.29 is 4.74 Å². The van der Waals surface area contributed by atoms with Crippen LogP contribution in [0.2, 0.25) is 5.02 Å². The number of rotatable bonds is 8. The largest absolute Gasteiger partial charge is 0.488 e. The smallest absolute Gasteiger partial charge is 0.126 e. The van der Waals surface area contributed by atoms with Crippen LogP contribution in [0, 0.1) is 6.92 Å². The molecule has 4 rings (SSSR count). The first-order chi connectivity index (χ1) is 15.2. The van der Waals surface area contributed by atoms with E-state index in [9.17, 15) is 0 Å². The zero-order chi connectivity index (χ0) is 21.5. The summed E-state index contributed by atoms with van der Waals surface area (Å²) in [6, 6.07) is 15.0. The van der Waals surface area contributed by atoms with Gasteiger partial charge in [0.1, 0.15) is 12.4 Å². The number of para-hydroxylation sites is 1. The van der Waals surface area contributed by atoms with E-state index in [0.717, 1.165) is 35.4 Å². The summed E-state index contributed by atoms with van der Waals surface area (Å²) in [6.07, 6.45) is 11.4. The van der Waals surface area contributed by atoms with Crippen molar-refractivity contribution in [2.45, 2.75) is 76.7 Å². The zero-order valence-electron chi connectivity index (χ0n) is 18.7. The van der Waals surface area contributed by atoms with Gasteiger partial charge in [0, 0.05) is 11.1 Å². The number of unbranched alkanes of at least 4 members (excludes halogenated alkanes) is 1. The second kappa shape index (κ2) is 11.2. The fourth-order valence-corrected chi connectivity index (χ4v) is 5.05. The first kappa shape index (κ1) is 22.4. The highest BCUT2D eigenvalue weighted by atomic mass is 35.5. The van der Waals surface area contributed by atoms with Crippen molar-refractivity contribution in [1.82, 2.24) is 5.32 Å². The molecule has 2 aromatic rings. The average Bonchev–Trinajstić information content (AvgIpc) is 2.97. The number of hydrogen-bond acceptors (Lipinski definition) is 3. The Labute approximate surface area is 192 Å². The lowest BCUT2D eigenvalue weighted by Crippen LogP contribution is -2.33. The van der Waals surface area contributed by atoms with Gasteiger partial charge in [0.15, 0.2) is 0 Å². The van der Waals surface area contributed by atoms with Crippen LogP contribution < -0.4 is 10.1 Å². The highest BCUT2D eigenvalue weighted by Gasteiger charge is 2.22. The summed E-state index contributed by atoms with van der Waals surface area (Å²) in [6.45, 7) is 3.92. The molecule has 0 saturated carbocycles. The van der Waals surface area contributed by atoms with Gasteiger partial charge >= 0.3 is 0 Å². The second-order valence-electron chi connectivity index (χ2n) is 9.10. The predicted octanol–water partition coefficient (Wildman–Crippen LogP) is 7.38. The first-order valence-electron chi connectivity index (χ1n) is 12.0. The normalized spacial score (nSPS) is 21.2. The van der Waals surface area contributed by atoms with Crippen LogP contribution in [0.1, 0.15) is 74.8 Å². The molecule has 2 aliphatic heterocycles. The van der Waals surface area contributed by atoms with E-state index in [1.165, 1.54) is 68.3 Å². The zero-order valence-corrected chi connectivity index (χ0v) is 19.5. The molecule has 0 bridgehead atoms. The average molecular weight is 439 g/mol. The van der Waals surface area contributed by atoms with Crippen molar-refractivity contribution in [2.24, 2.45) is 4.99 Å². The minimum atomic E-state index is 0.537. The third kappa shape index (κ3) is 6.33. The maximum absolute atomic E-state index is 6.02. The Balaban J connectivity index is 1.36. The molecule has 0 aliphatic carbocycles. The number of ether oxygens (including phenoxy) is 1. The Morgan fingerprint density at radius 3 is 2.68 bits per heavy atom. The molecule has 2 heterocycles. The predicted molar refractivity (Wildman–Crippen MR) is 131 cm³/mol. The van der Waals surface area contributed by atoms with Crippen LogP contribution >= 0.6 is 11.6 Å². The van der Waals surface area contributed by atoms with E-state index in [1.807, 2.05) is 24.3 Å². The highest BCUT2D eigenvalue weighted by Crippen LogP contribution is 2.39. The van der Waals surface area contributed by atoms with Gasteiger partial charge in [-0.2, -0.15) is 0 Å². The molecule has 0 aromatic heterocycles. The Hall–Kier alpha value is -1.84. The van der Waals surface area contributed by atoms with Gasteiger partial charge in [0.2, 0.25) is 0 Å². The van der Waals surface area contributed by atoms with E-state index in [1.54, 1.807) is 0 Å². The van der Waals surface area contributed by atoms with Crippen LogP contribution in [-0.4, -0.2) is 24.9 Å². The van der Waals surface area contributed by atoms with Crippen molar-refractivity contribution in [3.63, 3.8) is 0 Å². The van der Waals surface area contributed by atoms with Gasteiger partial charge in [-0.05, 0) is 93.3 Å². The molecule has 1 N–H and O–H groups in total. The number of nitrogens with one attached hydrogen (secondary N) is 1. The second-order valence-corrected chi connectivity index (χ2v) is 9.54. The van der Waals surface area contributed by atoms with Gasteiger partial charge in [-0.25, -0.2) is 0 Å². The van der Waals surface area contributed by atoms with E-state index in [2.05, 4.69) is 30.4 Å². The van der Waals surface area contributed by atoms with Crippen LogP contribution in [0.3, 0.4) is 0 Å². The summed E-state index contributed by atoms with van der Waals surface area (Å²) in [5.41, 5.74) is 5.00. The Bertz CT molecular complexity index is 871. The lowest BCUT2D eigenvalue weighted by atomic mass is 9.87. The van der Waals surface area contributed by atoms with E-state index in [4.69, 9.17) is 21.3 Å². The van der Waals surface area contributed by atoms with Crippen LogP contribution in [-0.2, 0) is 0 Å². The lowest BCUT2D eigenvalue weighted by Gasteiger charge is -2.24. The molecule has 1 fully saturated rings. The highest BCUT2D eigenvalue weighted by molar-refractivity contribution is 6.30. The van der Waals surface area contributed by atoms with Crippen LogP contribution in [0.4, 0.5) is 5.69 Å². The summed E-state index contributed by atoms with van der Waals surface area (Å²) in [7, 11) is 0. The third-order valence-corrected chi connectivity index (χ3v) is 7.00. The topological polar surface area (TPSA) is 33.6 Å². The van der Waals surface area contributed by atoms with Crippen LogP contribution in [0.5, 0.6) is 5.75 Å². The number of halogens is 1. The molecule has 2 unspecified atom stereocenters. The Morgan fingerprint density at radius 1 is 1.03 bits per heavy atom. The van der Waals surface area contributed by atoms with Crippen molar-refractivity contribution >= 4 is 23.0 Å². The molecule has 1 saturated heterocycles. The summed E-state index contributed by atoms with van der Waals surface area (Å²) < 4.78 is 6.02. The SMILES string of the molecule is Cc1cccc2c1N=C(COc1ccc(Cl)cc1)CCC2CCCCC1CCCCN1. The van der Waals surface area contributed by atoms with Crippen LogP contribution in [0.25, 0.3) is 0 Å². The Morgan fingerprint density at radius 2 is 1.87 bits per heavy atom. The minimum absolute atomic E-state index is 0.537. The van der Waals surface area contributed by atoms with Gasteiger partial charge < -0.3 is 10.1 Å². The van der Waals surface area contributed by atoms with Gasteiger partial charge in [-0.15, -0.1) is 0 Å². The molecule has 2 aromatic carbocycles. The van der Waals surface area contributed by atoms with Crippen LogP contribution in [0.15, 0.2) is 47.5 Å². The number of hydrogen-bond donors (Lipinski definition) is 1. The van der Waals surface area contributed by atoms with Gasteiger partial charge in [-0.1, -0.05) is 49.1 Å². The molecule has 3 nitrogen and oxygen atoms in total. The van der Waals surface area contributed by atoms with Gasteiger partial charge in [0.25, 0.3) is 0 Å². The van der Waals surface area contributed by atoms with Gasteiger partial charge in [-0.3, -0.25) is 4.99 Å². The number of piperidine rings is 1. The quantitative estimate of drug-likeness (QED) is 0.436. The number of aryl methyl sites for hydroxylation is 1. The first-order valence-corrected chi connectivity index (χ1v) is 12.3. The van der Waals surface area contributed by atoms with Crippen molar-refractivity contribution in [1.29, 1.82) is 0 Å². The number of nitrogens with zero attached hydrogens (tertiary/aromatic N) is 1. The summed E-state index contributed by atoms with van der Waals surface area (Å²) in [5, 5.41) is 4.42. The minimum Gasteiger partial charge on any atom is -0.488 e. The summed E-state index contributed by atoms with van der Waals surface area (Å²) >= 11 is 5.99. The lowest BCUT2D eigenvalue weighted by molar-refractivity contribution is 0.367. The van der Waals surface area contributed by atoms with E-state index >= 15 is 0 Å². The standard InChI is InChI=1S/C27H35ClN2O/c1-20-7-6-11-26-21(8-2-3-9-23-10-4-5-18-29-23)12-15-24(30-27(20)26)19-31-25-16-13-22(28)14-17-25/h6-7,11,13-14,16-17,21,23,29H,2-5,8-10,12,15,18-19H2,1H3. The summed E-state index contributed by atoms with van der Waals surface area (Å²) in [4.78, 5) is 5.08. The Kier molecular flexibility index (Phi) is 8.04. The van der Waals surface area contributed by atoms with Crippen molar-refractivity contribution in [3.8, 4) is 5.75 Å². The fourth-order valence-electron chi connectivity index (χ4n) is 4.93. The van der Waals surface area contributed by atoms with Gasteiger partial charge in [0.05, 0.1) is 11.4 Å². The van der Waals surface area contributed by atoms with E-state index in [-0.39, 0.29) is 0 Å². The third-order valence-electron chi connectivity index (χ3n) is 6.75. The van der Waals surface area contributed by atoms with Crippen molar-refractivity contribution in [3.05, 3.63) is 58.6 Å². The molecule has 0 amide bonds. The molecule has 0 spiro atoms. The molecule has 2 aliphatic rings. The number of aliphatic imine (C=N–C) groups is 1. The molecule has 31 heavy (non-hydrogen) atoms. The maximum Gasteiger partial charge on any atom is 0.126 e. The van der Waals surface area contributed by atoms with E-state index in [0.29, 0.717) is 12.5 Å².